The van der Waals surface area contributed by atoms with E-state index in [9.17, 15) is 14.0 Å². The van der Waals surface area contributed by atoms with Crippen molar-refractivity contribution in [1.82, 2.24) is 0 Å². The second kappa shape index (κ2) is 6.99. The maximum absolute atomic E-state index is 13.4. The van der Waals surface area contributed by atoms with Gasteiger partial charge >= 0.3 is 0 Å². The highest BCUT2D eigenvalue weighted by molar-refractivity contribution is 6.03. The average molecular weight is 335 g/mol. The van der Waals surface area contributed by atoms with Crippen LogP contribution in [-0.4, -0.2) is 30.7 Å². The minimum Gasteiger partial charge on any atom is -0.348 e. The smallest absolute Gasteiger partial charge is 0.224 e. The van der Waals surface area contributed by atoms with Crippen LogP contribution in [0.15, 0.2) is 18.2 Å². The van der Waals surface area contributed by atoms with Crippen LogP contribution in [0.4, 0.5) is 10.1 Å². The van der Waals surface area contributed by atoms with Gasteiger partial charge in [-0.25, -0.2) is 4.39 Å². The molecule has 0 aromatic heterocycles. The molecule has 1 saturated carbocycles. The number of Topliss-reactive ketones (excluding diaryl/α,β-unsaturated/α-hetero) is 1. The molecule has 6 heteroatoms. The molecule has 1 saturated heterocycles. The summed E-state index contributed by atoms with van der Waals surface area (Å²) in [6, 6.07) is 3.80. The molecule has 1 aliphatic heterocycles. The van der Waals surface area contributed by atoms with Crippen molar-refractivity contribution in [2.45, 2.75) is 44.8 Å². The van der Waals surface area contributed by atoms with Crippen molar-refractivity contribution in [3.63, 3.8) is 0 Å². The minimum absolute atomic E-state index is 0.197. The Kier molecular flexibility index (Phi) is 4.96. The summed E-state index contributed by atoms with van der Waals surface area (Å²) in [5.41, 5.74) is 0.558. The standard InChI is InChI=1S/C18H22FNO4/c1-12(21)15-3-2-14(19)11-16(15)20-17(22)10-13-4-6-18(7-5-13)23-8-9-24-18/h2-3,11,13H,4-10H2,1H3,(H,20,22). The van der Waals surface area contributed by atoms with Gasteiger partial charge in [0.2, 0.25) is 5.91 Å². The van der Waals surface area contributed by atoms with Crippen molar-refractivity contribution >= 4 is 17.4 Å². The third kappa shape index (κ3) is 3.82. The predicted molar refractivity (Wildman–Crippen MR) is 86.2 cm³/mol. The summed E-state index contributed by atoms with van der Waals surface area (Å²) in [5.74, 6) is -1.07. The molecule has 1 aromatic carbocycles. The van der Waals surface area contributed by atoms with Crippen LogP contribution in [0, 0.1) is 11.7 Å². The molecule has 0 atom stereocenters. The van der Waals surface area contributed by atoms with Gasteiger partial charge in [0.25, 0.3) is 0 Å². The number of benzene rings is 1. The highest BCUT2D eigenvalue weighted by Gasteiger charge is 2.40. The SMILES string of the molecule is CC(=O)c1ccc(F)cc1NC(=O)CC1CCC2(CC1)OCCO2. The maximum Gasteiger partial charge on any atom is 0.224 e. The molecule has 0 radical (unpaired) electrons. The Morgan fingerprint density at radius 1 is 1.25 bits per heavy atom. The molecule has 2 aliphatic rings. The molecular weight excluding hydrogens is 313 g/mol. The van der Waals surface area contributed by atoms with Gasteiger partial charge in [-0.1, -0.05) is 0 Å². The van der Waals surface area contributed by atoms with Crippen LogP contribution in [-0.2, 0) is 14.3 Å². The van der Waals surface area contributed by atoms with E-state index in [2.05, 4.69) is 5.32 Å². The molecule has 0 bridgehead atoms. The van der Waals surface area contributed by atoms with Crippen LogP contribution in [0.2, 0.25) is 0 Å². The molecule has 130 valence electrons. The van der Waals surface area contributed by atoms with Crippen molar-refractivity contribution < 1.29 is 23.5 Å². The van der Waals surface area contributed by atoms with Crippen molar-refractivity contribution in [3.8, 4) is 0 Å². The summed E-state index contributed by atoms with van der Waals surface area (Å²) in [7, 11) is 0. The van der Waals surface area contributed by atoms with Crippen LogP contribution in [0.3, 0.4) is 0 Å². The topological polar surface area (TPSA) is 64.6 Å². The summed E-state index contributed by atoms with van der Waals surface area (Å²) < 4.78 is 24.8. The summed E-state index contributed by atoms with van der Waals surface area (Å²) >= 11 is 0. The van der Waals surface area contributed by atoms with Crippen molar-refractivity contribution in [2.24, 2.45) is 5.92 Å². The summed E-state index contributed by atoms with van der Waals surface area (Å²) in [4.78, 5) is 23.9. The van der Waals surface area contributed by atoms with Gasteiger partial charge in [-0.15, -0.1) is 0 Å². The summed E-state index contributed by atoms with van der Waals surface area (Å²) in [6.45, 7) is 2.67. The number of rotatable bonds is 4. The number of ether oxygens (including phenoxy) is 2. The van der Waals surface area contributed by atoms with Gasteiger partial charge in [-0.3, -0.25) is 9.59 Å². The molecule has 1 spiro atoms. The number of hydrogen-bond acceptors (Lipinski definition) is 4. The van der Waals surface area contributed by atoms with Gasteiger partial charge in [0, 0.05) is 24.8 Å². The second-order valence-electron chi connectivity index (χ2n) is 6.55. The normalized spacial score (nSPS) is 20.2. The lowest BCUT2D eigenvalue weighted by molar-refractivity contribution is -0.183. The van der Waals surface area contributed by atoms with Crippen molar-refractivity contribution in [2.75, 3.05) is 18.5 Å². The molecule has 3 rings (SSSR count). The number of carbonyl (C=O) groups excluding carboxylic acids is 2. The monoisotopic (exact) mass is 335 g/mol. The lowest BCUT2D eigenvalue weighted by Gasteiger charge is -2.35. The quantitative estimate of drug-likeness (QED) is 0.858. The number of anilines is 1. The number of hydrogen-bond donors (Lipinski definition) is 1. The molecule has 24 heavy (non-hydrogen) atoms. The number of ketones is 1. The zero-order valence-electron chi connectivity index (χ0n) is 13.8. The van der Waals surface area contributed by atoms with E-state index in [1.165, 1.54) is 25.1 Å². The first-order chi connectivity index (χ1) is 11.5. The maximum atomic E-state index is 13.4. The zero-order valence-corrected chi connectivity index (χ0v) is 13.8. The van der Waals surface area contributed by atoms with Crippen LogP contribution >= 0.6 is 0 Å². The van der Waals surface area contributed by atoms with Crippen LogP contribution in [0.1, 0.15) is 49.4 Å². The van der Waals surface area contributed by atoms with E-state index < -0.39 is 11.6 Å². The third-order valence-corrected chi connectivity index (χ3v) is 4.79. The van der Waals surface area contributed by atoms with E-state index in [1.54, 1.807) is 0 Å². The number of carbonyl (C=O) groups is 2. The fourth-order valence-corrected chi connectivity index (χ4v) is 3.50. The molecule has 2 fully saturated rings. The minimum atomic E-state index is -0.481. The Balaban J connectivity index is 1.57. The summed E-state index contributed by atoms with van der Waals surface area (Å²) in [5, 5.41) is 2.68. The van der Waals surface area contributed by atoms with Crippen LogP contribution in [0.5, 0.6) is 0 Å². The Hall–Kier alpha value is -1.79. The lowest BCUT2D eigenvalue weighted by atomic mass is 9.83. The highest BCUT2D eigenvalue weighted by atomic mass is 19.1. The molecule has 1 N–H and O–H groups in total. The fourth-order valence-electron chi connectivity index (χ4n) is 3.50. The van der Waals surface area contributed by atoms with E-state index in [-0.39, 0.29) is 23.3 Å². The largest absolute Gasteiger partial charge is 0.348 e. The van der Waals surface area contributed by atoms with Gasteiger partial charge in [0.1, 0.15) is 5.82 Å². The van der Waals surface area contributed by atoms with E-state index in [1.807, 2.05) is 0 Å². The molecular formula is C18H22FNO4. The lowest BCUT2D eigenvalue weighted by Crippen LogP contribution is -2.36. The first-order valence-corrected chi connectivity index (χ1v) is 8.36. The van der Waals surface area contributed by atoms with Gasteiger partial charge in [0.05, 0.1) is 18.9 Å². The Morgan fingerprint density at radius 2 is 1.92 bits per heavy atom. The second-order valence-corrected chi connectivity index (χ2v) is 6.55. The van der Waals surface area contributed by atoms with Crippen LogP contribution < -0.4 is 5.32 Å². The first kappa shape index (κ1) is 17.0. The van der Waals surface area contributed by atoms with Gasteiger partial charge in [0.15, 0.2) is 11.6 Å². The Labute approximate surface area is 140 Å². The number of nitrogens with one attached hydrogen (secondary N) is 1. The molecule has 0 unspecified atom stereocenters. The molecule has 1 heterocycles. The van der Waals surface area contributed by atoms with Gasteiger partial charge in [-0.2, -0.15) is 0 Å². The Morgan fingerprint density at radius 3 is 2.54 bits per heavy atom. The molecule has 1 aromatic rings. The van der Waals surface area contributed by atoms with Crippen molar-refractivity contribution in [1.29, 1.82) is 0 Å². The number of halogens is 1. The average Bonchev–Trinajstić information content (AvgIpc) is 2.98. The van der Waals surface area contributed by atoms with Crippen molar-refractivity contribution in [3.05, 3.63) is 29.6 Å². The molecule has 1 amide bonds. The number of amides is 1. The van der Waals surface area contributed by atoms with E-state index >= 15 is 0 Å². The third-order valence-electron chi connectivity index (χ3n) is 4.79. The highest BCUT2D eigenvalue weighted by Crippen LogP contribution is 2.39. The Bertz CT molecular complexity index is 630. The van der Waals surface area contributed by atoms with E-state index in [0.29, 0.717) is 25.2 Å². The van der Waals surface area contributed by atoms with Gasteiger partial charge in [-0.05, 0) is 43.9 Å². The molecule has 1 aliphatic carbocycles. The van der Waals surface area contributed by atoms with E-state index in [0.717, 1.165) is 25.7 Å². The van der Waals surface area contributed by atoms with Gasteiger partial charge < -0.3 is 14.8 Å². The first-order valence-electron chi connectivity index (χ1n) is 8.36. The van der Waals surface area contributed by atoms with E-state index in [4.69, 9.17) is 9.47 Å². The summed E-state index contributed by atoms with van der Waals surface area (Å²) in [6.07, 6.45) is 3.66. The molecule has 5 nitrogen and oxygen atoms in total. The zero-order chi connectivity index (χ0) is 17.2. The fraction of sp³-hybridized carbons (Fsp3) is 0.556. The van der Waals surface area contributed by atoms with Crippen LogP contribution in [0.25, 0.3) is 0 Å². The predicted octanol–water partition coefficient (Wildman–Crippen LogP) is 3.29.